The lowest BCUT2D eigenvalue weighted by atomic mass is 9.89. The highest BCUT2D eigenvalue weighted by Crippen LogP contribution is 2.49. The van der Waals surface area contributed by atoms with Gasteiger partial charge in [-0.1, -0.05) is 83.9 Å². The summed E-state index contributed by atoms with van der Waals surface area (Å²) in [5.41, 5.74) is 2.37. The van der Waals surface area contributed by atoms with Crippen molar-refractivity contribution in [3.63, 3.8) is 0 Å². The van der Waals surface area contributed by atoms with Crippen molar-refractivity contribution in [3.8, 4) is 0 Å². The van der Waals surface area contributed by atoms with Gasteiger partial charge in [0, 0.05) is 5.56 Å². The van der Waals surface area contributed by atoms with Crippen LogP contribution in [0.2, 0.25) is 0 Å². The first-order valence-electron chi connectivity index (χ1n) is 11.7. The molecule has 0 radical (unpaired) electrons. The Morgan fingerprint density at radius 3 is 1.84 bits per heavy atom. The zero-order valence-electron chi connectivity index (χ0n) is 20.3. The van der Waals surface area contributed by atoms with Crippen LogP contribution in [-0.2, 0) is 19.9 Å². The van der Waals surface area contributed by atoms with Gasteiger partial charge in [0.25, 0.3) is 15.9 Å². The molecule has 0 saturated heterocycles. The Kier molecular flexibility index (Phi) is 6.25. The predicted octanol–water partition coefficient (Wildman–Crippen LogP) is 5.40. The summed E-state index contributed by atoms with van der Waals surface area (Å²) in [6.07, 6.45) is 0. The van der Waals surface area contributed by atoms with Crippen LogP contribution in [0.25, 0.3) is 0 Å². The minimum absolute atomic E-state index is 0.0513. The van der Waals surface area contributed by atoms with Crippen LogP contribution < -0.4 is 0 Å². The Morgan fingerprint density at radius 1 is 0.649 bits per heavy atom. The molecular formula is C29H25NO5S2. The van der Waals surface area contributed by atoms with Crippen LogP contribution in [0.15, 0.2) is 113 Å². The van der Waals surface area contributed by atoms with Gasteiger partial charge in [-0.25, -0.2) is 21.1 Å². The number of benzene rings is 4. The molecule has 2 unspecified atom stereocenters. The van der Waals surface area contributed by atoms with Gasteiger partial charge in [-0.15, -0.1) is 0 Å². The predicted molar refractivity (Wildman–Crippen MR) is 141 cm³/mol. The Balaban J connectivity index is 1.85. The van der Waals surface area contributed by atoms with Crippen molar-refractivity contribution in [1.82, 2.24) is 4.31 Å². The van der Waals surface area contributed by atoms with E-state index in [1.54, 1.807) is 72.8 Å². The fourth-order valence-electron chi connectivity index (χ4n) is 4.79. The van der Waals surface area contributed by atoms with E-state index in [2.05, 4.69) is 0 Å². The topological polar surface area (TPSA) is 88.6 Å². The summed E-state index contributed by atoms with van der Waals surface area (Å²) in [6.45, 7) is 3.64. The fraction of sp³-hybridized carbons (Fsp3) is 0.138. The third-order valence-corrected chi connectivity index (χ3v) is 10.5. The van der Waals surface area contributed by atoms with E-state index >= 15 is 0 Å². The van der Waals surface area contributed by atoms with E-state index in [-0.39, 0.29) is 20.9 Å². The van der Waals surface area contributed by atoms with Gasteiger partial charge >= 0.3 is 0 Å². The fourth-order valence-corrected chi connectivity index (χ4v) is 8.41. The van der Waals surface area contributed by atoms with Crippen LogP contribution in [0, 0.1) is 13.8 Å². The lowest BCUT2D eigenvalue weighted by molar-refractivity contribution is 0.0796. The Hall–Kier alpha value is -3.75. The number of hydrogen-bond acceptors (Lipinski definition) is 5. The molecular weight excluding hydrogens is 506 g/mol. The average Bonchev–Trinajstić information content (AvgIpc) is 2.89. The van der Waals surface area contributed by atoms with Crippen molar-refractivity contribution in [3.05, 3.63) is 131 Å². The maximum atomic E-state index is 14.3. The summed E-state index contributed by atoms with van der Waals surface area (Å²) >= 11 is 0. The molecule has 1 aliphatic rings. The summed E-state index contributed by atoms with van der Waals surface area (Å²) in [6, 6.07) is 26.1. The number of sulfone groups is 1. The van der Waals surface area contributed by atoms with Gasteiger partial charge in [-0.2, -0.15) is 0 Å². The van der Waals surface area contributed by atoms with Crippen LogP contribution >= 0.6 is 0 Å². The average molecular weight is 532 g/mol. The molecule has 0 aliphatic carbocycles. The molecule has 8 heteroatoms. The Bertz CT molecular complexity index is 1680. The molecule has 4 aromatic carbocycles. The Labute approximate surface area is 217 Å². The lowest BCUT2D eigenvalue weighted by Gasteiger charge is -2.41. The van der Waals surface area contributed by atoms with Crippen molar-refractivity contribution in [2.24, 2.45) is 0 Å². The highest BCUT2D eigenvalue weighted by molar-refractivity contribution is 7.92. The molecule has 1 heterocycles. The smallest absolute Gasteiger partial charge is 0.268 e. The molecule has 188 valence electrons. The number of amides is 1. The van der Waals surface area contributed by atoms with Gasteiger partial charge in [0.05, 0.1) is 15.8 Å². The van der Waals surface area contributed by atoms with Crippen molar-refractivity contribution in [2.75, 3.05) is 0 Å². The third-order valence-electron chi connectivity index (χ3n) is 6.61. The van der Waals surface area contributed by atoms with Crippen LogP contribution in [0.1, 0.15) is 43.9 Å². The first kappa shape index (κ1) is 24.9. The SMILES string of the molecule is Cc1ccc(S(=O)(=O)N2C(=O)c3ccc(C)cc3C(S(=O)(=O)c3ccccc3)C2c2ccccc2)cc1. The molecule has 0 spiro atoms. The maximum absolute atomic E-state index is 14.3. The molecule has 4 aromatic rings. The highest BCUT2D eigenvalue weighted by atomic mass is 32.2. The number of hydrogen-bond donors (Lipinski definition) is 0. The van der Waals surface area contributed by atoms with E-state index < -0.39 is 37.1 Å². The molecule has 1 aliphatic heterocycles. The zero-order chi connectivity index (χ0) is 26.4. The second kappa shape index (κ2) is 9.28. The number of sulfonamides is 1. The number of aryl methyl sites for hydroxylation is 2. The second-order valence-electron chi connectivity index (χ2n) is 9.14. The van der Waals surface area contributed by atoms with Crippen LogP contribution in [-0.4, -0.2) is 27.0 Å². The first-order chi connectivity index (χ1) is 17.6. The zero-order valence-corrected chi connectivity index (χ0v) is 21.9. The standard InChI is InChI=1S/C29H25NO5S2/c1-20-13-16-24(17-14-20)37(34,35)30-27(22-9-5-3-6-10-22)28(36(32,33)23-11-7-4-8-12-23)26-19-21(2)15-18-25(26)29(30)31/h3-19,27-28H,1-2H3. The van der Waals surface area contributed by atoms with Gasteiger partial charge in [0.15, 0.2) is 9.84 Å². The minimum Gasteiger partial charge on any atom is -0.268 e. The van der Waals surface area contributed by atoms with Crippen molar-refractivity contribution in [2.45, 2.75) is 34.9 Å². The van der Waals surface area contributed by atoms with Crippen molar-refractivity contribution >= 4 is 25.8 Å². The molecule has 37 heavy (non-hydrogen) atoms. The van der Waals surface area contributed by atoms with Crippen LogP contribution in [0.4, 0.5) is 0 Å². The summed E-state index contributed by atoms with van der Waals surface area (Å²) in [4.78, 5) is 13.9. The molecule has 0 saturated carbocycles. The summed E-state index contributed by atoms with van der Waals surface area (Å²) in [7, 11) is -8.59. The maximum Gasteiger partial charge on any atom is 0.268 e. The molecule has 5 rings (SSSR count). The van der Waals surface area contributed by atoms with Gasteiger partial charge in [-0.05, 0) is 55.3 Å². The summed E-state index contributed by atoms with van der Waals surface area (Å²) < 4.78 is 57.5. The van der Waals surface area contributed by atoms with Gasteiger partial charge < -0.3 is 0 Å². The molecule has 0 fully saturated rings. The molecule has 2 atom stereocenters. The number of rotatable bonds is 5. The third kappa shape index (κ3) is 4.26. The van der Waals surface area contributed by atoms with Crippen LogP contribution in [0.5, 0.6) is 0 Å². The number of carbonyl (C=O) groups is 1. The second-order valence-corrected chi connectivity index (χ2v) is 13.0. The van der Waals surface area contributed by atoms with E-state index in [1.165, 1.54) is 30.3 Å². The number of carbonyl (C=O) groups excluding carboxylic acids is 1. The van der Waals surface area contributed by atoms with E-state index in [0.29, 0.717) is 5.56 Å². The monoisotopic (exact) mass is 531 g/mol. The Morgan fingerprint density at radius 2 is 1.22 bits per heavy atom. The highest BCUT2D eigenvalue weighted by Gasteiger charge is 2.52. The molecule has 0 aromatic heterocycles. The summed E-state index contributed by atoms with van der Waals surface area (Å²) in [5, 5.41) is -1.36. The van der Waals surface area contributed by atoms with Gasteiger partial charge in [0.2, 0.25) is 0 Å². The number of fused-ring (bicyclic) bond motifs is 1. The minimum atomic E-state index is -4.43. The molecule has 1 amide bonds. The van der Waals surface area contributed by atoms with Crippen LogP contribution in [0.3, 0.4) is 0 Å². The van der Waals surface area contributed by atoms with E-state index in [4.69, 9.17) is 0 Å². The molecule has 0 N–H and O–H groups in total. The summed E-state index contributed by atoms with van der Waals surface area (Å²) in [5.74, 6) is -0.760. The lowest BCUT2D eigenvalue weighted by Crippen LogP contribution is -2.47. The van der Waals surface area contributed by atoms with E-state index in [9.17, 15) is 21.6 Å². The molecule has 6 nitrogen and oxygen atoms in total. The first-order valence-corrected chi connectivity index (χ1v) is 14.7. The number of nitrogens with zero attached hydrogens (tertiary/aromatic N) is 1. The normalized spacial score (nSPS) is 17.9. The van der Waals surface area contributed by atoms with Crippen molar-refractivity contribution < 1.29 is 21.6 Å². The molecule has 0 bridgehead atoms. The van der Waals surface area contributed by atoms with Crippen molar-refractivity contribution in [1.29, 1.82) is 0 Å². The van der Waals surface area contributed by atoms with Gasteiger partial charge in [-0.3, -0.25) is 4.79 Å². The van der Waals surface area contributed by atoms with E-state index in [1.807, 2.05) is 13.8 Å². The largest absolute Gasteiger partial charge is 0.268 e. The van der Waals surface area contributed by atoms with Gasteiger partial charge in [0.1, 0.15) is 5.25 Å². The van der Waals surface area contributed by atoms with E-state index in [0.717, 1.165) is 15.4 Å². The quantitative estimate of drug-likeness (QED) is 0.344.